The lowest BCUT2D eigenvalue weighted by Gasteiger charge is -2.45. The summed E-state index contributed by atoms with van der Waals surface area (Å²) in [4.78, 5) is 9.24. The molecule has 0 saturated carbocycles. The first-order valence-corrected chi connectivity index (χ1v) is 7.80. The summed E-state index contributed by atoms with van der Waals surface area (Å²) in [5, 5.41) is 20.5. The van der Waals surface area contributed by atoms with Crippen molar-refractivity contribution in [3.05, 3.63) is 34.1 Å². The van der Waals surface area contributed by atoms with Gasteiger partial charge in [0.1, 0.15) is 0 Å². The molecule has 1 saturated heterocycles. The summed E-state index contributed by atoms with van der Waals surface area (Å²) in [6, 6.07) is 2.44. The molecule has 1 aromatic rings. The third-order valence-electron chi connectivity index (χ3n) is 3.41. The zero-order valence-corrected chi connectivity index (χ0v) is 12.1. The molecule has 0 spiro atoms. The monoisotopic (exact) mass is 318 g/mol. The molecule has 9 heteroatoms. The van der Waals surface area contributed by atoms with Crippen LogP contribution in [0.15, 0.2) is 23.1 Å². The first-order valence-electron chi connectivity index (χ1n) is 6.36. The zero-order valence-electron chi connectivity index (χ0n) is 11.3. The maximum Gasteiger partial charge on any atom is 0.304 e. The molecule has 1 heterocycles. The smallest absolute Gasteiger partial charge is 0.304 e. The molecule has 1 aliphatic heterocycles. The van der Waals surface area contributed by atoms with Crippen LogP contribution in [-0.2, 0) is 10.0 Å². The minimum absolute atomic E-state index is 0.0538. The Morgan fingerprint density at radius 1 is 1.48 bits per heavy atom. The van der Waals surface area contributed by atoms with Gasteiger partial charge in [0.15, 0.2) is 0 Å². The van der Waals surface area contributed by atoms with E-state index in [0.717, 1.165) is 22.9 Å². The number of halogens is 1. The van der Waals surface area contributed by atoms with Crippen molar-refractivity contribution in [2.24, 2.45) is 0 Å². The van der Waals surface area contributed by atoms with Crippen LogP contribution in [0.5, 0.6) is 0 Å². The minimum atomic E-state index is -3.95. The van der Waals surface area contributed by atoms with Gasteiger partial charge in [-0.15, -0.1) is 0 Å². The van der Waals surface area contributed by atoms with E-state index in [4.69, 9.17) is 0 Å². The maximum atomic E-state index is 13.5. The number of nitro groups is 1. The Kier molecular flexibility index (Phi) is 4.00. The van der Waals surface area contributed by atoms with Gasteiger partial charge in [0.2, 0.25) is 15.8 Å². The topological polar surface area (TPSA) is 101 Å². The Labute approximate surface area is 121 Å². The van der Waals surface area contributed by atoms with Crippen molar-refractivity contribution in [2.75, 3.05) is 13.1 Å². The molecule has 0 aliphatic carbocycles. The van der Waals surface area contributed by atoms with E-state index < -0.39 is 32.1 Å². The molecule has 2 rings (SSSR count). The van der Waals surface area contributed by atoms with Crippen LogP contribution in [0.3, 0.4) is 0 Å². The molecule has 21 heavy (non-hydrogen) atoms. The van der Waals surface area contributed by atoms with Gasteiger partial charge in [-0.1, -0.05) is 13.3 Å². The third kappa shape index (κ3) is 2.89. The number of aliphatic hydroxyl groups is 1. The van der Waals surface area contributed by atoms with Crippen molar-refractivity contribution in [3.63, 3.8) is 0 Å². The summed E-state index contributed by atoms with van der Waals surface area (Å²) in [7, 11) is -3.95. The van der Waals surface area contributed by atoms with Crippen LogP contribution in [0.2, 0.25) is 0 Å². The summed E-state index contributed by atoms with van der Waals surface area (Å²) in [6.45, 7) is 1.77. The van der Waals surface area contributed by atoms with Crippen molar-refractivity contribution >= 4 is 15.7 Å². The standard InChI is InChI=1S/C12H15FN2O5S/c1-2-5-12(16)7-14(8-12)21(19,20)9-3-4-11(15(17)18)10(13)6-9/h3-4,6,16H,2,5,7-8H2,1H3. The Balaban J connectivity index is 2.22. The van der Waals surface area contributed by atoms with E-state index in [-0.39, 0.29) is 18.0 Å². The van der Waals surface area contributed by atoms with Crippen molar-refractivity contribution < 1.29 is 22.8 Å². The van der Waals surface area contributed by atoms with Crippen molar-refractivity contribution in [3.8, 4) is 0 Å². The highest BCUT2D eigenvalue weighted by Gasteiger charge is 2.46. The first kappa shape index (κ1) is 15.8. The number of rotatable bonds is 5. The van der Waals surface area contributed by atoms with Gasteiger partial charge < -0.3 is 5.11 Å². The summed E-state index contributed by atoms with van der Waals surface area (Å²) >= 11 is 0. The largest absolute Gasteiger partial charge is 0.387 e. The molecule has 1 aromatic carbocycles. The van der Waals surface area contributed by atoms with Crippen LogP contribution in [0.1, 0.15) is 19.8 Å². The molecule has 1 N–H and O–H groups in total. The third-order valence-corrected chi connectivity index (χ3v) is 5.20. The normalized spacial score (nSPS) is 18.2. The molecule has 1 aliphatic rings. The summed E-state index contributed by atoms with van der Waals surface area (Å²) in [5.74, 6) is -1.20. The molecule has 1 fully saturated rings. The highest BCUT2D eigenvalue weighted by molar-refractivity contribution is 7.89. The number of benzene rings is 1. The number of sulfonamides is 1. The lowest BCUT2D eigenvalue weighted by atomic mass is 9.92. The van der Waals surface area contributed by atoms with Gasteiger partial charge in [0.05, 0.1) is 15.4 Å². The molecule has 116 valence electrons. The number of hydrogen-bond donors (Lipinski definition) is 1. The number of hydrogen-bond acceptors (Lipinski definition) is 5. The number of nitrogens with zero attached hydrogens (tertiary/aromatic N) is 2. The Morgan fingerprint density at radius 2 is 2.10 bits per heavy atom. The summed E-state index contributed by atoms with van der Waals surface area (Å²) in [6.07, 6.45) is 1.20. The molecule has 0 radical (unpaired) electrons. The maximum absolute atomic E-state index is 13.5. The number of β-amino-alcohol motifs (C(OH)–C–C–N with tert-alkyl or cyclic N) is 1. The van der Waals surface area contributed by atoms with Crippen molar-refractivity contribution in [1.29, 1.82) is 0 Å². The van der Waals surface area contributed by atoms with Gasteiger partial charge >= 0.3 is 5.69 Å². The fraction of sp³-hybridized carbons (Fsp3) is 0.500. The average Bonchev–Trinajstić information content (AvgIpc) is 2.35. The molecular weight excluding hydrogens is 303 g/mol. The summed E-state index contributed by atoms with van der Waals surface area (Å²) in [5.41, 5.74) is -1.82. The van der Waals surface area contributed by atoms with Gasteiger partial charge in [-0.05, 0) is 12.5 Å². The van der Waals surface area contributed by atoms with Crippen LogP contribution in [0.4, 0.5) is 10.1 Å². The van der Waals surface area contributed by atoms with Crippen LogP contribution in [0, 0.1) is 15.9 Å². The van der Waals surface area contributed by atoms with Crippen LogP contribution >= 0.6 is 0 Å². The van der Waals surface area contributed by atoms with E-state index in [1.807, 2.05) is 6.92 Å². The van der Waals surface area contributed by atoms with Crippen LogP contribution in [0.25, 0.3) is 0 Å². The van der Waals surface area contributed by atoms with Gasteiger partial charge in [-0.25, -0.2) is 8.42 Å². The molecule has 0 aromatic heterocycles. The Bertz CT molecular complexity index is 670. The zero-order chi connectivity index (χ0) is 15.8. The van der Waals surface area contributed by atoms with Crippen molar-refractivity contribution in [2.45, 2.75) is 30.3 Å². The second-order valence-corrected chi connectivity index (χ2v) is 7.06. The Hall–Kier alpha value is -1.58. The van der Waals surface area contributed by atoms with Gasteiger partial charge in [0.25, 0.3) is 0 Å². The lowest BCUT2D eigenvalue weighted by molar-refractivity contribution is -0.387. The molecular formula is C12H15FN2O5S. The minimum Gasteiger partial charge on any atom is -0.387 e. The van der Waals surface area contributed by atoms with E-state index in [1.54, 1.807) is 0 Å². The van der Waals surface area contributed by atoms with Crippen molar-refractivity contribution in [1.82, 2.24) is 4.31 Å². The lowest BCUT2D eigenvalue weighted by Crippen LogP contribution is -2.63. The first-order chi connectivity index (χ1) is 9.69. The average molecular weight is 318 g/mol. The quantitative estimate of drug-likeness (QED) is 0.651. The van der Waals surface area contributed by atoms with E-state index in [9.17, 15) is 28.0 Å². The highest BCUT2D eigenvalue weighted by Crippen LogP contribution is 2.32. The molecule has 0 bridgehead atoms. The van der Waals surface area contributed by atoms with Gasteiger partial charge in [-0.3, -0.25) is 10.1 Å². The SMILES string of the molecule is CCCC1(O)CN(S(=O)(=O)c2ccc([N+](=O)[O-])c(F)c2)C1. The summed E-state index contributed by atoms with van der Waals surface area (Å²) < 4.78 is 39.0. The molecule has 0 unspecified atom stereocenters. The Morgan fingerprint density at radius 3 is 2.57 bits per heavy atom. The van der Waals surface area contributed by atoms with Gasteiger partial charge in [-0.2, -0.15) is 8.70 Å². The van der Waals surface area contributed by atoms with E-state index >= 15 is 0 Å². The molecule has 7 nitrogen and oxygen atoms in total. The molecule has 0 atom stereocenters. The van der Waals surface area contributed by atoms with Gasteiger partial charge in [0, 0.05) is 25.2 Å². The second kappa shape index (κ2) is 5.32. The fourth-order valence-electron chi connectivity index (χ4n) is 2.35. The molecule has 0 amide bonds. The highest BCUT2D eigenvalue weighted by atomic mass is 32.2. The van der Waals surface area contributed by atoms with E-state index in [2.05, 4.69) is 0 Å². The predicted molar refractivity (Wildman–Crippen MR) is 71.7 cm³/mol. The second-order valence-electron chi connectivity index (χ2n) is 5.12. The van der Waals surface area contributed by atoms with E-state index in [1.165, 1.54) is 0 Å². The van der Waals surface area contributed by atoms with Crippen LogP contribution < -0.4 is 0 Å². The van der Waals surface area contributed by atoms with Crippen LogP contribution in [-0.4, -0.2) is 41.4 Å². The fourth-order valence-corrected chi connectivity index (χ4v) is 3.96. The predicted octanol–water partition coefficient (Wildman–Crippen LogP) is 1.27. The van der Waals surface area contributed by atoms with E-state index in [0.29, 0.717) is 12.5 Å². The number of nitro benzene ring substituents is 1.